The Labute approximate surface area is 207 Å². The van der Waals surface area contributed by atoms with Crippen molar-refractivity contribution in [2.75, 3.05) is 11.1 Å². The van der Waals surface area contributed by atoms with Gasteiger partial charge in [0.25, 0.3) is 5.56 Å². The van der Waals surface area contributed by atoms with Crippen LogP contribution in [0.1, 0.15) is 23.7 Å². The number of fused-ring (bicyclic) bond motifs is 1. The SMILES string of the molecule is Cc1ccc(-n2c(SCC(=O)Nc3cc(C(F)(F)F)ccc3Cl)nc3c(c2=O)SC(C)C3)cc1. The molecule has 178 valence electrons. The van der Waals surface area contributed by atoms with Crippen molar-refractivity contribution in [3.8, 4) is 5.69 Å². The molecule has 11 heteroatoms. The highest BCUT2D eigenvalue weighted by Crippen LogP contribution is 2.36. The van der Waals surface area contributed by atoms with Crippen molar-refractivity contribution in [1.82, 2.24) is 9.55 Å². The lowest BCUT2D eigenvalue weighted by Crippen LogP contribution is -2.24. The van der Waals surface area contributed by atoms with E-state index in [4.69, 9.17) is 11.6 Å². The summed E-state index contributed by atoms with van der Waals surface area (Å²) < 4.78 is 40.5. The van der Waals surface area contributed by atoms with Gasteiger partial charge >= 0.3 is 6.18 Å². The molecule has 1 aliphatic rings. The zero-order valence-electron chi connectivity index (χ0n) is 18.1. The molecule has 34 heavy (non-hydrogen) atoms. The molecule has 0 fully saturated rings. The second-order valence-electron chi connectivity index (χ2n) is 7.81. The number of thioether (sulfide) groups is 2. The van der Waals surface area contributed by atoms with Gasteiger partial charge in [-0.05, 0) is 37.3 Å². The van der Waals surface area contributed by atoms with Crippen LogP contribution < -0.4 is 10.9 Å². The minimum atomic E-state index is -4.56. The highest BCUT2D eigenvalue weighted by atomic mass is 35.5. The Morgan fingerprint density at radius 2 is 1.97 bits per heavy atom. The fourth-order valence-electron chi connectivity index (χ4n) is 3.43. The fraction of sp³-hybridized carbons (Fsp3) is 0.261. The van der Waals surface area contributed by atoms with Crippen LogP contribution in [0.4, 0.5) is 18.9 Å². The molecule has 0 radical (unpaired) electrons. The van der Waals surface area contributed by atoms with Crippen LogP contribution >= 0.6 is 35.1 Å². The van der Waals surface area contributed by atoms with Gasteiger partial charge in [0, 0.05) is 11.7 Å². The molecular weight excluding hydrogens is 507 g/mol. The number of aryl methyl sites for hydroxylation is 1. The average Bonchev–Trinajstić information content (AvgIpc) is 3.14. The minimum Gasteiger partial charge on any atom is -0.324 e. The molecule has 5 nitrogen and oxygen atoms in total. The molecule has 0 bridgehead atoms. The van der Waals surface area contributed by atoms with Crippen LogP contribution in [-0.2, 0) is 17.4 Å². The molecule has 1 aromatic heterocycles. The number of amides is 1. The van der Waals surface area contributed by atoms with Crippen molar-refractivity contribution in [3.63, 3.8) is 0 Å². The van der Waals surface area contributed by atoms with Crippen molar-refractivity contribution in [3.05, 3.63) is 74.7 Å². The summed E-state index contributed by atoms with van der Waals surface area (Å²) >= 11 is 8.49. The van der Waals surface area contributed by atoms with Crippen molar-refractivity contribution in [2.45, 2.75) is 41.7 Å². The number of rotatable bonds is 5. The Kier molecular flexibility index (Phi) is 7.02. The lowest BCUT2D eigenvalue weighted by Gasteiger charge is -2.14. The first-order chi connectivity index (χ1) is 16.0. The first-order valence-corrected chi connectivity index (χ1v) is 12.5. The van der Waals surface area contributed by atoms with Gasteiger partial charge in [-0.25, -0.2) is 4.98 Å². The van der Waals surface area contributed by atoms with Gasteiger partial charge in [0.1, 0.15) is 0 Å². The van der Waals surface area contributed by atoms with Crippen LogP contribution in [0, 0.1) is 6.92 Å². The van der Waals surface area contributed by atoms with Crippen LogP contribution in [0.15, 0.2) is 57.3 Å². The van der Waals surface area contributed by atoms with Crippen LogP contribution in [0.2, 0.25) is 5.02 Å². The predicted octanol–water partition coefficient (Wildman–Crippen LogP) is 5.98. The highest BCUT2D eigenvalue weighted by Gasteiger charge is 2.31. The fourth-order valence-corrected chi connectivity index (χ4v) is 5.52. The van der Waals surface area contributed by atoms with Gasteiger partial charge < -0.3 is 5.32 Å². The van der Waals surface area contributed by atoms with E-state index in [2.05, 4.69) is 10.3 Å². The molecular formula is C23H19ClF3N3O2S2. The van der Waals surface area contributed by atoms with Gasteiger partial charge in [0.2, 0.25) is 5.91 Å². The molecule has 0 aliphatic carbocycles. The molecule has 1 aliphatic heterocycles. The maximum Gasteiger partial charge on any atom is 0.416 e. The van der Waals surface area contributed by atoms with E-state index in [1.165, 1.54) is 16.3 Å². The molecule has 1 N–H and O–H groups in total. The minimum absolute atomic E-state index is 0.00965. The first kappa shape index (κ1) is 24.7. The standard InChI is InChI=1S/C23H19ClF3N3O2S2/c1-12-3-6-15(7-4-12)30-21(32)20-18(9-13(2)34-20)29-22(30)33-11-19(31)28-17-10-14(23(25,26)27)5-8-16(17)24/h3-8,10,13H,9,11H2,1-2H3,(H,28,31). The second-order valence-corrected chi connectivity index (χ2v) is 10.6. The molecule has 1 unspecified atom stereocenters. The number of carbonyl (C=O) groups excluding carboxylic acids is 1. The van der Waals surface area contributed by atoms with E-state index < -0.39 is 17.6 Å². The number of alkyl halides is 3. The highest BCUT2D eigenvalue weighted by molar-refractivity contribution is 8.00. The third kappa shape index (κ3) is 5.29. The number of hydrogen-bond donors (Lipinski definition) is 1. The average molecular weight is 526 g/mol. The number of anilines is 1. The monoisotopic (exact) mass is 525 g/mol. The number of aromatic nitrogens is 2. The number of hydrogen-bond acceptors (Lipinski definition) is 5. The lowest BCUT2D eigenvalue weighted by atomic mass is 10.2. The van der Waals surface area contributed by atoms with Gasteiger partial charge in [-0.2, -0.15) is 13.2 Å². The van der Waals surface area contributed by atoms with E-state index in [0.717, 1.165) is 35.5 Å². The lowest BCUT2D eigenvalue weighted by molar-refractivity contribution is -0.137. The molecule has 3 aromatic rings. The molecule has 2 aromatic carbocycles. The van der Waals surface area contributed by atoms with Gasteiger partial charge in [0.15, 0.2) is 5.16 Å². The summed E-state index contributed by atoms with van der Waals surface area (Å²) in [5, 5.41) is 2.97. The molecule has 4 rings (SSSR count). The zero-order valence-corrected chi connectivity index (χ0v) is 20.5. The number of nitrogens with one attached hydrogen (secondary N) is 1. The van der Waals surface area contributed by atoms with E-state index in [1.807, 2.05) is 26.0 Å². The maximum absolute atomic E-state index is 13.3. The second kappa shape index (κ2) is 9.67. The van der Waals surface area contributed by atoms with Gasteiger partial charge in [-0.15, -0.1) is 11.8 Å². The number of nitrogens with zero attached hydrogens (tertiary/aromatic N) is 2. The maximum atomic E-state index is 13.3. The van der Waals surface area contributed by atoms with Crippen LogP contribution in [-0.4, -0.2) is 26.5 Å². The van der Waals surface area contributed by atoms with Crippen molar-refractivity contribution >= 4 is 46.7 Å². The molecule has 0 saturated heterocycles. The van der Waals surface area contributed by atoms with Crippen LogP contribution in [0.3, 0.4) is 0 Å². The molecule has 1 amide bonds. The van der Waals surface area contributed by atoms with E-state index >= 15 is 0 Å². The topological polar surface area (TPSA) is 64.0 Å². The summed E-state index contributed by atoms with van der Waals surface area (Å²) in [6.45, 7) is 3.95. The first-order valence-electron chi connectivity index (χ1n) is 10.2. The van der Waals surface area contributed by atoms with E-state index in [9.17, 15) is 22.8 Å². The predicted molar refractivity (Wildman–Crippen MR) is 129 cm³/mol. The smallest absolute Gasteiger partial charge is 0.324 e. The Hall–Kier alpha value is -2.43. The van der Waals surface area contributed by atoms with E-state index in [-0.39, 0.29) is 27.3 Å². The quantitative estimate of drug-likeness (QED) is 0.328. The van der Waals surface area contributed by atoms with Crippen molar-refractivity contribution in [2.24, 2.45) is 0 Å². The van der Waals surface area contributed by atoms with E-state index in [0.29, 0.717) is 27.9 Å². The zero-order chi connectivity index (χ0) is 24.6. The Morgan fingerprint density at radius 1 is 1.26 bits per heavy atom. The molecule has 0 spiro atoms. The summed E-state index contributed by atoms with van der Waals surface area (Å²) in [6, 6.07) is 10.1. The van der Waals surface area contributed by atoms with Gasteiger partial charge in [-0.1, -0.05) is 48.0 Å². The summed E-state index contributed by atoms with van der Waals surface area (Å²) in [4.78, 5) is 31.1. The summed E-state index contributed by atoms with van der Waals surface area (Å²) in [5.41, 5.74) is 1.09. The number of benzene rings is 2. The van der Waals surface area contributed by atoms with Crippen molar-refractivity contribution < 1.29 is 18.0 Å². The van der Waals surface area contributed by atoms with Gasteiger partial charge in [0.05, 0.1) is 38.3 Å². The Balaban J connectivity index is 1.60. The van der Waals surface area contributed by atoms with Crippen LogP contribution in [0.5, 0.6) is 0 Å². The molecule has 0 saturated carbocycles. The van der Waals surface area contributed by atoms with E-state index in [1.54, 1.807) is 12.1 Å². The van der Waals surface area contributed by atoms with Crippen LogP contribution in [0.25, 0.3) is 5.69 Å². The molecule has 1 atom stereocenters. The Morgan fingerprint density at radius 3 is 2.65 bits per heavy atom. The summed E-state index contributed by atoms with van der Waals surface area (Å²) in [5.74, 6) is -0.744. The molecule has 2 heterocycles. The largest absolute Gasteiger partial charge is 0.416 e. The number of halogens is 4. The normalized spacial score (nSPS) is 15.3. The third-order valence-electron chi connectivity index (χ3n) is 5.07. The van der Waals surface area contributed by atoms with Gasteiger partial charge in [-0.3, -0.25) is 14.2 Å². The van der Waals surface area contributed by atoms with Crippen molar-refractivity contribution in [1.29, 1.82) is 0 Å². The number of carbonyl (C=O) groups is 1. The third-order valence-corrected chi connectivity index (χ3v) is 7.56. The summed E-state index contributed by atoms with van der Waals surface area (Å²) in [7, 11) is 0. The Bertz CT molecular complexity index is 1310. The summed E-state index contributed by atoms with van der Waals surface area (Å²) in [6.07, 6.45) is -3.92.